The average molecular weight is 322 g/mol. The van der Waals surface area contributed by atoms with Crippen molar-refractivity contribution in [2.45, 2.75) is 18.9 Å². The summed E-state index contributed by atoms with van der Waals surface area (Å²) in [6.45, 7) is 1.41. The summed E-state index contributed by atoms with van der Waals surface area (Å²) in [5, 5.41) is 0. The van der Waals surface area contributed by atoms with Crippen molar-refractivity contribution in [2.24, 2.45) is 17.6 Å². The van der Waals surface area contributed by atoms with Crippen LogP contribution in [0.4, 0.5) is 0 Å². The van der Waals surface area contributed by atoms with Crippen LogP contribution in [-0.2, 0) is 0 Å². The molecular formula is C20H22N2O2. The minimum Gasteiger partial charge on any atom is -0.457 e. The molecule has 0 bridgehead atoms. The Kier molecular flexibility index (Phi) is 3.98. The van der Waals surface area contributed by atoms with Gasteiger partial charge in [0.2, 0.25) is 0 Å². The van der Waals surface area contributed by atoms with Gasteiger partial charge < -0.3 is 15.4 Å². The molecule has 1 aliphatic heterocycles. The highest BCUT2D eigenvalue weighted by molar-refractivity contribution is 5.97. The first-order valence-electron chi connectivity index (χ1n) is 8.59. The van der Waals surface area contributed by atoms with Crippen molar-refractivity contribution < 1.29 is 9.53 Å². The van der Waals surface area contributed by atoms with Crippen LogP contribution in [0.15, 0.2) is 54.6 Å². The first-order chi connectivity index (χ1) is 11.7. The van der Waals surface area contributed by atoms with Gasteiger partial charge in [-0.15, -0.1) is 0 Å². The Morgan fingerprint density at radius 1 is 1.00 bits per heavy atom. The van der Waals surface area contributed by atoms with E-state index in [-0.39, 0.29) is 11.9 Å². The maximum Gasteiger partial charge on any atom is 0.257 e. The number of ether oxygens (including phenoxy) is 1. The fraction of sp³-hybridized carbons (Fsp3) is 0.350. The molecule has 0 radical (unpaired) electrons. The average Bonchev–Trinajstić information content (AvgIpc) is 3.38. The first-order valence-corrected chi connectivity index (χ1v) is 8.59. The lowest BCUT2D eigenvalue weighted by Crippen LogP contribution is -2.32. The molecule has 24 heavy (non-hydrogen) atoms. The predicted octanol–water partition coefficient (Wildman–Crippen LogP) is 3.29. The van der Waals surface area contributed by atoms with Gasteiger partial charge in [0.15, 0.2) is 0 Å². The zero-order chi connectivity index (χ0) is 16.5. The Labute approximate surface area is 142 Å². The molecule has 1 saturated carbocycles. The van der Waals surface area contributed by atoms with Crippen LogP contribution in [0.25, 0.3) is 0 Å². The standard InChI is InChI=1S/C20H22N2O2/c21-18-13-22(12-17(18)14-10-11-14)20(23)16-8-4-5-9-19(16)24-15-6-2-1-3-7-15/h1-9,14,17-18H,10-13,21H2/t17-,18+/m0/s1. The van der Waals surface area contributed by atoms with E-state index in [0.717, 1.165) is 12.3 Å². The van der Waals surface area contributed by atoms with E-state index in [9.17, 15) is 4.79 Å². The van der Waals surface area contributed by atoms with E-state index in [1.807, 2.05) is 59.5 Å². The quantitative estimate of drug-likeness (QED) is 0.940. The van der Waals surface area contributed by atoms with Gasteiger partial charge in [-0.25, -0.2) is 0 Å². The van der Waals surface area contributed by atoms with Crippen LogP contribution < -0.4 is 10.5 Å². The highest BCUT2D eigenvalue weighted by atomic mass is 16.5. The molecule has 2 atom stereocenters. The molecule has 0 unspecified atom stereocenters. The lowest BCUT2D eigenvalue weighted by molar-refractivity contribution is 0.0782. The van der Waals surface area contributed by atoms with E-state index in [2.05, 4.69) is 0 Å². The first kappa shape index (κ1) is 15.2. The van der Waals surface area contributed by atoms with E-state index in [0.29, 0.717) is 29.7 Å². The van der Waals surface area contributed by atoms with Crippen molar-refractivity contribution >= 4 is 5.91 Å². The zero-order valence-electron chi connectivity index (χ0n) is 13.6. The molecule has 4 nitrogen and oxygen atoms in total. The molecule has 1 aliphatic carbocycles. The number of nitrogens with two attached hydrogens (primary N) is 1. The highest BCUT2D eigenvalue weighted by Gasteiger charge is 2.42. The fourth-order valence-corrected chi connectivity index (χ4v) is 3.56. The maximum atomic E-state index is 13.0. The van der Waals surface area contributed by atoms with E-state index < -0.39 is 0 Å². The molecular weight excluding hydrogens is 300 g/mol. The van der Waals surface area contributed by atoms with Gasteiger partial charge >= 0.3 is 0 Å². The summed E-state index contributed by atoms with van der Waals surface area (Å²) < 4.78 is 5.92. The molecule has 1 amide bonds. The molecule has 2 aromatic carbocycles. The SMILES string of the molecule is N[C@@H]1CN(C(=O)c2ccccc2Oc2ccccc2)C[C@H]1C1CC1. The predicted molar refractivity (Wildman–Crippen MR) is 93.1 cm³/mol. The Balaban J connectivity index is 1.54. The summed E-state index contributed by atoms with van der Waals surface area (Å²) in [7, 11) is 0. The van der Waals surface area contributed by atoms with Crippen LogP contribution >= 0.6 is 0 Å². The maximum absolute atomic E-state index is 13.0. The normalized spacial score (nSPS) is 23.3. The second kappa shape index (κ2) is 6.29. The van der Waals surface area contributed by atoms with Crippen molar-refractivity contribution in [3.63, 3.8) is 0 Å². The summed E-state index contributed by atoms with van der Waals surface area (Å²) in [6.07, 6.45) is 2.52. The third kappa shape index (κ3) is 3.02. The summed E-state index contributed by atoms with van der Waals surface area (Å²) in [5.41, 5.74) is 6.86. The molecule has 124 valence electrons. The van der Waals surface area contributed by atoms with Crippen LogP contribution in [0.3, 0.4) is 0 Å². The molecule has 2 aromatic rings. The van der Waals surface area contributed by atoms with Crippen molar-refractivity contribution in [1.29, 1.82) is 0 Å². The highest BCUT2D eigenvalue weighted by Crippen LogP contribution is 2.41. The van der Waals surface area contributed by atoms with Gasteiger partial charge in [-0.3, -0.25) is 4.79 Å². The molecule has 1 heterocycles. The van der Waals surface area contributed by atoms with Gasteiger partial charge in [-0.05, 0) is 48.9 Å². The van der Waals surface area contributed by atoms with Gasteiger partial charge in [0.05, 0.1) is 5.56 Å². The molecule has 4 rings (SSSR count). The minimum atomic E-state index is 0.0140. The summed E-state index contributed by atoms with van der Waals surface area (Å²) in [6, 6.07) is 17.1. The molecule has 2 aliphatic rings. The number of para-hydroxylation sites is 2. The van der Waals surface area contributed by atoms with Gasteiger partial charge in [-0.1, -0.05) is 30.3 Å². The Bertz CT molecular complexity index is 727. The topological polar surface area (TPSA) is 55.6 Å². The lowest BCUT2D eigenvalue weighted by atomic mass is 9.99. The van der Waals surface area contributed by atoms with Crippen LogP contribution in [-0.4, -0.2) is 29.9 Å². The van der Waals surface area contributed by atoms with Crippen LogP contribution in [0.5, 0.6) is 11.5 Å². The van der Waals surface area contributed by atoms with E-state index in [1.54, 1.807) is 0 Å². The second-order valence-corrected chi connectivity index (χ2v) is 6.79. The van der Waals surface area contributed by atoms with Crippen molar-refractivity contribution in [3.8, 4) is 11.5 Å². The van der Waals surface area contributed by atoms with Crippen molar-refractivity contribution in [2.75, 3.05) is 13.1 Å². The van der Waals surface area contributed by atoms with Gasteiger partial charge in [-0.2, -0.15) is 0 Å². The number of hydrogen-bond donors (Lipinski definition) is 1. The van der Waals surface area contributed by atoms with Crippen LogP contribution in [0, 0.1) is 11.8 Å². The Morgan fingerprint density at radius 3 is 2.46 bits per heavy atom. The van der Waals surface area contributed by atoms with E-state index >= 15 is 0 Å². The van der Waals surface area contributed by atoms with E-state index in [4.69, 9.17) is 10.5 Å². The van der Waals surface area contributed by atoms with Gasteiger partial charge in [0.1, 0.15) is 11.5 Å². The van der Waals surface area contributed by atoms with Gasteiger partial charge in [0, 0.05) is 19.1 Å². The number of carbonyl (C=O) groups is 1. The summed E-state index contributed by atoms with van der Waals surface area (Å²) >= 11 is 0. The van der Waals surface area contributed by atoms with Crippen molar-refractivity contribution in [1.82, 2.24) is 4.90 Å². The number of rotatable bonds is 4. The number of nitrogens with zero attached hydrogens (tertiary/aromatic N) is 1. The molecule has 0 aromatic heterocycles. The zero-order valence-corrected chi connectivity index (χ0v) is 13.6. The minimum absolute atomic E-state index is 0.0140. The second-order valence-electron chi connectivity index (χ2n) is 6.79. The van der Waals surface area contributed by atoms with Crippen molar-refractivity contribution in [3.05, 3.63) is 60.2 Å². The monoisotopic (exact) mass is 322 g/mol. The fourth-order valence-electron chi connectivity index (χ4n) is 3.56. The third-order valence-electron chi connectivity index (χ3n) is 5.02. The van der Waals surface area contributed by atoms with Crippen LogP contribution in [0.2, 0.25) is 0 Å². The summed E-state index contributed by atoms with van der Waals surface area (Å²) in [5.74, 6) is 2.51. The molecule has 2 N–H and O–H groups in total. The Hall–Kier alpha value is -2.33. The smallest absolute Gasteiger partial charge is 0.257 e. The number of benzene rings is 2. The largest absolute Gasteiger partial charge is 0.457 e. The number of hydrogen-bond acceptors (Lipinski definition) is 3. The molecule has 2 fully saturated rings. The molecule has 4 heteroatoms. The number of amides is 1. The lowest BCUT2D eigenvalue weighted by Gasteiger charge is -2.18. The Morgan fingerprint density at radius 2 is 1.71 bits per heavy atom. The molecule has 0 spiro atoms. The summed E-state index contributed by atoms with van der Waals surface area (Å²) in [4.78, 5) is 14.9. The number of likely N-dealkylation sites (tertiary alicyclic amines) is 1. The van der Waals surface area contributed by atoms with E-state index in [1.165, 1.54) is 12.8 Å². The molecule has 1 saturated heterocycles. The van der Waals surface area contributed by atoms with Gasteiger partial charge in [0.25, 0.3) is 5.91 Å². The van der Waals surface area contributed by atoms with Crippen LogP contribution in [0.1, 0.15) is 23.2 Å². The number of carbonyl (C=O) groups excluding carboxylic acids is 1. The third-order valence-corrected chi connectivity index (χ3v) is 5.02.